The number of nitrogens with zero attached hydrogens (tertiary/aromatic N) is 3. The van der Waals surface area contributed by atoms with E-state index >= 15 is 0 Å². The first-order valence-electron chi connectivity index (χ1n) is 7.54. The topological polar surface area (TPSA) is 59.8 Å². The lowest BCUT2D eigenvalue weighted by molar-refractivity contribution is 0.102. The van der Waals surface area contributed by atoms with Crippen LogP contribution in [0.4, 0.5) is 5.69 Å². The summed E-state index contributed by atoms with van der Waals surface area (Å²) in [6.07, 6.45) is 3.29. The summed E-state index contributed by atoms with van der Waals surface area (Å²) in [5.74, 6) is -0.141. The van der Waals surface area contributed by atoms with Crippen LogP contribution in [0.2, 0.25) is 0 Å². The van der Waals surface area contributed by atoms with Crippen molar-refractivity contribution in [1.29, 1.82) is 0 Å². The molecule has 0 aliphatic heterocycles. The summed E-state index contributed by atoms with van der Waals surface area (Å²) in [5.41, 5.74) is 4.39. The molecular formula is C18H17BrN4O. The Labute approximate surface area is 148 Å². The first-order chi connectivity index (χ1) is 11.5. The van der Waals surface area contributed by atoms with Gasteiger partial charge >= 0.3 is 0 Å². The molecule has 0 aliphatic carbocycles. The Morgan fingerprint density at radius 2 is 1.96 bits per heavy atom. The van der Waals surface area contributed by atoms with E-state index in [1.807, 2.05) is 36.7 Å². The third-order valence-corrected chi connectivity index (χ3v) is 4.90. The second-order valence-electron chi connectivity index (χ2n) is 5.53. The SMILES string of the molecule is Cc1nn(Cc2cccc(C(=O)Nc3ccncc3)c2)c(C)c1Br. The van der Waals surface area contributed by atoms with Crippen LogP contribution in [-0.2, 0) is 6.54 Å². The number of aryl methyl sites for hydroxylation is 1. The zero-order chi connectivity index (χ0) is 17.1. The highest BCUT2D eigenvalue weighted by molar-refractivity contribution is 9.10. The summed E-state index contributed by atoms with van der Waals surface area (Å²) < 4.78 is 2.95. The minimum absolute atomic E-state index is 0.141. The van der Waals surface area contributed by atoms with Gasteiger partial charge in [-0.15, -0.1) is 0 Å². The van der Waals surface area contributed by atoms with Gasteiger partial charge in [0.1, 0.15) is 0 Å². The van der Waals surface area contributed by atoms with Crippen LogP contribution in [0.5, 0.6) is 0 Å². The number of hydrogen-bond donors (Lipinski definition) is 1. The van der Waals surface area contributed by atoms with Crippen molar-refractivity contribution < 1.29 is 4.79 Å². The molecule has 0 saturated heterocycles. The summed E-state index contributed by atoms with van der Waals surface area (Å²) in [4.78, 5) is 16.3. The molecule has 0 unspecified atom stereocenters. The number of benzene rings is 1. The predicted molar refractivity (Wildman–Crippen MR) is 97.1 cm³/mol. The lowest BCUT2D eigenvalue weighted by Gasteiger charge is -2.08. The molecule has 5 nitrogen and oxygen atoms in total. The lowest BCUT2D eigenvalue weighted by atomic mass is 10.1. The molecule has 0 aliphatic rings. The number of hydrogen-bond acceptors (Lipinski definition) is 3. The van der Waals surface area contributed by atoms with Gasteiger partial charge in [0.15, 0.2) is 0 Å². The van der Waals surface area contributed by atoms with Gasteiger partial charge in [0, 0.05) is 23.6 Å². The molecule has 2 heterocycles. The fourth-order valence-electron chi connectivity index (χ4n) is 2.45. The lowest BCUT2D eigenvalue weighted by Crippen LogP contribution is -2.12. The van der Waals surface area contributed by atoms with Crippen LogP contribution < -0.4 is 5.32 Å². The number of halogens is 1. The molecule has 1 N–H and O–H groups in total. The molecule has 24 heavy (non-hydrogen) atoms. The van der Waals surface area contributed by atoms with Crippen molar-refractivity contribution in [3.05, 3.63) is 75.8 Å². The molecule has 0 bridgehead atoms. The molecule has 3 rings (SSSR count). The molecule has 6 heteroatoms. The van der Waals surface area contributed by atoms with E-state index in [0.29, 0.717) is 12.1 Å². The molecular weight excluding hydrogens is 368 g/mol. The minimum atomic E-state index is -0.141. The summed E-state index contributed by atoms with van der Waals surface area (Å²) in [7, 11) is 0. The van der Waals surface area contributed by atoms with Gasteiger partial charge in [-0.05, 0) is 59.6 Å². The van der Waals surface area contributed by atoms with E-state index in [-0.39, 0.29) is 5.91 Å². The van der Waals surface area contributed by atoms with Crippen molar-refractivity contribution in [2.24, 2.45) is 0 Å². The van der Waals surface area contributed by atoms with Crippen LogP contribution in [0.1, 0.15) is 27.3 Å². The number of nitrogens with one attached hydrogen (secondary N) is 1. The van der Waals surface area contributed by atoms with Crippen LogP contribution in [0, 0.1) is 13.8 Å². The van der Waals surface area contributed by atoms with Gasteiger partial charge in [-0.25, -0.2) is 0 Å². The molecule has 1 amide bonds. The number of carbonyl (C=O) groups excluding carboxylic acids is 1. The van der Waals surface area contributed by atoms with E-state index in [1.165, 1.54) is 0 Å². The maximum absolute atomic E-state index is 12.4. The summed E-state index contributed by atoms with van der Waals surface area (Å²) in [6.45, 7) is 4.60. The van der Waals surface area contributed by atoms with Crippen molar-refractivity contribution in [3.63, 3.8) is 0 Å². The third kappa shape index (κ3) is 3.54. The maximum atomic E-state index is 12.4. The zero-order valence-electron chi connectivity index (χ0n) is 13.5. The first kappa shape index (κ1) is 16.4. The number of pyridine rings is 1. The monoisotopic (exact) mass is 384 g/mol. The van der Waals surface area contributed by atoms with Crippen LogP contribution >= 0.6 is 15.9 Å². The van der Waals surface area contributed by atoms with E-state index in [2.05, 4.69) is 31.3 Å². The van der Waals surface area contributed by atoms with Gasteiger partial charge in [0.25, 0.3) is 5.91 Å². The van der Waals surface area contributed by atoms with E-state index in [0.717, 1.165) is 27.1 Å². The van der Waals surface area contributed by atoms with E-state index in [9.17, 15) is 4.79 Å². The van der Waals surface area contributed by atoms with Crippen LogP contribution in [0.3, 0.4) is 0 Å². The predicted octanol–water partition coefficient (Wildman–Crippen LogP) is 3.96. The van der Waals surface area contributed by atoms with Crippen molar-refractivity contribution in [1.82, 2.24) is 14.8 Å². The van der Waals surface area contributed by atoms with Gasteiger partial charge in [0.05, 0.1) is 22.4 Å². The molecule has 2 aromatic heterocycles. The maximum Gasteiger partial charge on any atom is 0.255 e. The van der Waals surface area contributed by atoms with E-state index in [1.54, 1.807) is 30.6 Å². The second kappa shape index (κ2) is 6.97. The molecule has 0 radical (unpaired) electrons. The Morgan fingerprint density at radius 3 is 2.62 bits per heavy atom. The standard InChI is InChI=1S/C18H17BrN4O/c1-12-17(19)13(2)23(22-12)11-14-4-3-5-15(10-14)18(24)21-16-6-8-20-9-7-16/h3-10H,11H2,1-2H3,(H,20,21,24). The minimum Gasteiger partial charge on any atom is -0.322 e. The average molecular weight is 385 g/mol. The van der Waals surface area contributed by atoms with Gasteiger partial charge in [-0.1, -0.05) is 12.1 Å². The molecule has 3 aromatic rings. The van der Waals surface area contributed by atoms with Crippen molar-refractivity contribution in [3.8, 4) is 0 Å². The average Bonchev–Trinajstić information content (AvgIpc) is 2.83. The Balaban J connectivity index is 1.78. The van der Waals surface area contributed by atoms with Crippen molar-refractivity contribution in [2.45, 2.75) is 20.4 Å². The summed E-state index contributed by atoms with van der Waals surface area (Å²) >= 11 is 3.54. The van der Waals surface area contributed by atoms with Gasteiger partial charge in [-0.2, -0.15) is 5.10 Å². The molecule has 0 saturated carbocycles. The Morgan fingerprint density at radius 1 is 1.21 bits per heavy atom. The van der Waals surface area contributed by atoms with E-state index in [4.69, 9.17) is 0 Å². The first-order valence-corrected chi connectivity index (χ1v) is 8.33. The number of carbonyl (C=O) groups is 1. The molecule has 122 valence electrons. The van der Waals surface area contributed by atoms with Crippen LogP contribution in [0.15, 0.2) is 53.3 Å². The highest BCUT2D eigenvalue weighted by atomic mass is 79.9. The Hall–Kier alpha value is -2.47. The second-order valence-corrected chi connectivity index (χ2v) is 6.33. The molecule has 0 atom stereocenters. The zero-order valence-corrected chi connectivity index (χ0v) is 15.0. The fraction of sp³-hybridized carbons (Fsp3) is 0.167. The number of amides is 1. The summed E-state index contributed by atoms with van der Waals surface area (Å²) in [5, 5.41) is 7.37. The highest BCUT2D eigenvalue weighted by Crippen LogP contribution is 2.21. The van der Waals surface area contributed by atoms with Gasteiger partial charge < -0.3 is 5.32 Å². The Bertz CT molecular complexity index is 874. The fourth-order valence-corrected chi connectivity index (χ4v) is 2.74. The smallest absolute Gasteiger partial charge is 0.255 e. The molecule has 1 aromatic carbocycles. The molecule has 0 spiro atoms. The van der Waals surface area contributed by atoms with Crippen LogP contribution in [0.25, 0.3) is 0 Å². The largest absolute Gasteiger partial charge is 0.322 e. The number of aromatic nitrogens is 3. The number of anilines is 1. The highest BCUT2D eigenvalue weighted by Gasteiger charge is 2.11. The van der Waals surface area contributed by atoms with Gasteiger partial charge in [0.2, 0.25) is 0 Å². The third-order valence-electron chi connectivity index (χ3n) is 3.75. The normalized spacial score (nSPS) is 10.6. The Kier molecular flexibility index (Phi) is 4.76. The van der Waals surface area contributed by atoms with E-state index < -0.39 is 0 Å². The van der Waals surface area contributed by atoms with Crippen LogP contribution in [-0.4, -0.2) is 20.7 Å². The van der Waals surface area contributed by atoms with Crippen molar-refractivity contribution >= 4 is 27.5 Å². The number of rotatable bonds is 4. The van der Waals surface area contributed by atoms with Crippen molar-refractivity contribution in [2.75, 3.05) is 5.32 Å². The quantitative estimate of drug-likeness (QED) is 0.740. The van der Waals surface area contributed by atoms with Gasteiger partial charge in [-0.3, -0.25) is 14.5 Å². The summed E-state index contributed by atoms with van der Waals surface area (Å²) in [6, 6.07) is 11.1. The molecule has 0 fully saturated rings.